The second-order valence-corrected chi connectivity index (χ2v) is 4.15. The van der Waals surface area contributed by atoms with Crippen molar-refractivity contribution in [1.29, 1.82) is 0 Å². The summed E-state index contributed by atoms with van der Waals surface area (Å²) >= 11 is 0. The van der Waals surface area contributed by atoms with Crippen molar-refractivity contribution in [2.45, 2.75) is 33.4 Å². The van der Waals surface area contributed by atoms with Crippen molar-refractivity contribution in [3.8, 4) is 0 Å². The molecule has 0 saturated carbocycles. The zero-order valence-electron chi connectivity index (χ0n) is 10.6. The van der Waals surface area contributed by atoms with Gasteiger partial charge in [-0.2, -0.15) is 0 Å². The number of anilines is 1. The van der Waals surface area contributed by atoms with Crippen molar-refractivity contribution in [3.05, 3.63) is 29.8 Å². The number of nitrogen functional groups attached to an aromatic ring is 1. The number of nitrogens with two attached hydrogens (primary N) is 1. The Morgan fingerprint density at radius 3 is 2.59 bits per heavy atom. The van der Waals surface area contributed by atoms with Crippen LogP contribution in [0.5, 0.6) is 0 Å². The monoisotopic (exact) mass is 236 g/mol. The van der Waals surface area contributed by atoms with E-state index in [2.05, 4.69) is 0 Å². The molecule has 1 aromatic rings. The lowest BCUT2D eigenvalue weighted by atomic mass is 10.2. The largest absolute Gasteiger partial charge is 0.447 e. The first-order valence-corrected chi connectivity index (χ1v) is 5.83. The van der Waals surface area contributed by atoms with Gasteiger partial charge in [-0.3, -0.25) is 0 Å². The van der Waals surface area contributed by atoms with Crippen molar-refractivity contribution < 1.29 is 9.53 Å². The predicted octanol–water partition coefficient (Wildman–Crippen LogP) is 2.64. The fourth-order valence-corrected chi connectivity index (χ4v) is 1.47. The van der Waals surface area contributed by atoms with E-state index in [1.807, 2.05) is 45.0 Å². The van der Waals surface area contributed by atoms with E-state index in [4.69, 9.17) is 10.5 Å². The van der Waals surface area contributed by atoms with Crippen molar-refractivity contribution >= 4 is 11.8 Å². The Bertz CT molecular complexity index is 377. The molecule has 0 spiro atoms. The first-order valence-electron chi connectivity index (χ1n) is 5.83. The summed E-state index contributed by atoms with van der Waals surface area (Å²) in [5.74, 6) is 0. The summed E-state index contributed by atoms with van der Waals surface area (Å²) < 4.78 is 5.16. The van der Waals surface area contributed by atoms with Crippen LogP contribution in [0, 0.1) is 0 Å². The molecule has 0 atom stereocenters. The van der Waals surface area contributed by atoms with Crippen LogP contribution in [0.3, 0.4) is 0 Å². The molecule has 0 aliphatic heterocycles. The van der Waals surface area contributed by atoms with Crippen LogP contribution in [0.15, 0.2) is 24.3 Å². The van der Waals surface area contributed by atoms with E-state index in [1.165, 1.54) is 0 Å². The predicted molar refractivity (Wildman–Crippen MR) is 68.6 cm³/mol. The molecule has 1 amide bonds. The third-order valence-electron chi connectivity index (χ3n) is 2.39. The Kier molecular flexibility index (Phi) is 4.82. The molecule has 0 saturated heterocycles. The van der Waals surface area contributed by atoms with Gasteiger partial charge in [0.15, 0.2) is 0 Å². The highest BCUT2D eigenvalue weighted by molar-refractivity contribution is 5.68. The SMILES string of the molecule is CCN(Cc1ccccc1N)C(=O)OC(C)C. The van der Waals surface area contributed by atoms with Gasteiger partial charge in [-0.1, -0.05) is 18.2 Å². The number of nitrogens with zero attached hydrogens (tertiary/aromatic N) is 1. The number of hydrogen-bond donors (Lipinski definition) is 1. The average Bonchev–Trinajstić information content (AvgIpc) is 2.27. The van der Waals surface area contributed by atoms with E-state index in [-0.39, 0.29) is 12.2 Å². The summed E-state index contributed by atoms with van der Waals surface area (Å²) in [6.07, 6.45) is -0.407. The molecule has 94 valence electrons. The zero-order chi connectivity index (χ0) is 12.8. The van der Waals surface area contributed by atoms with E-state index in [9.17, 15) is 4.79 Å². The Hall–Kier alpha value is -1.71. The summed E-state index contributed by atoms with van der Waals surface area (Å²) in [5.41, 5.74) is 7.48. The van der Waals surface area contributed by atoms with Crippen LogP contribution in [0.4, 0.5) is 10.5 Å². The summed E-state index contributed by atoms with van der Waals surface area (Å²) in [5, 5.41) is 0. The minimum atomic E-state index is -0.300. The summed E-state index contributed by atoms with van der Waals surface area (Å²) in [6, 6.07) is 7.53. The van der Waals surface area contributed by atoms with Crippen LogP contribution in [-0.4, -0.2) is 23.6 Å². The van der Waals surface area contributed by atoms with Gasteiger partial charge in [0.2, 0.25) is 0 Å². The number of rotatable bonds is 4. The van der Waals surface area contributed by atoms with Crippen molar-refractivity contribution in [2.24, 2.45) is 0 Å². The Balaban J connectivity index is 2.70. The first kappa shape index (κ1) is 13.4. The molecule has 0 bridgehead atoms. The molecule has 2 N–H and O–H groups in total. The minimum Gasteiger partial charge on any atom is -0.447 e. The average molecular weight is 236 g/mol. The van der Waals surface area contributed by atoms with Crippen LogP contribution in [-0.2, 0) is 11.3 Å². The van der Waals surface area contributed by atoms with Crippen LogP contribution in [0.25, 0.3) is 0 Å². The van der Waals surface area contributed by atoms with Crippen LogP contribution >= 0.6 is 0 Å². The van der Waals surface area contributed by atoms with E-state index >= 15 is 0 Å². The summed E-state index contributed by atoms with van der Waals surface area (Å²) in [4.78, 5) is 13.4. The van der Waals surface area contributed by atoms with Crippen molar-refractivity contribution in [2.75, 3.05) is 12.3 Å². The number of ether oxygens (including phenoxy) is 1. The second-order valence-electron chi connectivity index (χ2n) is 4.15. The van der Waals surface area contributed by atoms with Crippen LogP contribution in [0.2, 0.25) is 0 Å². The number of amides is 1. The second kappa shape index (κ2) is 6.13. The van der Waals surface area contributed by atoms with E-state index in [0.717, 1.165) is 5.56 Å². The highest BCUT2D eigenvalue weighted by Crippen LogP contribution is 2.14. The van der Waals surface area contributed by atoms with E-state index in [1.54, 1.807) is 4.90 Å². The highest BCUT2D eigenvalue weighted by atomic mass is 16.6. The summed E-state index contributed by atoms with van der Waals surface area (Å²) in [7, 11) is 0. The number of para-hydroxylation sites is 1. The van der Waals surface area contributed by atoms with E-state index in [0.29, 0.717) is 18.8 Å². The lowest BCUT2D eigenvalue weighted by Gasteiger charge is -2.22. The Morgan fingerprint density at radius 2 is 2.06 bits per heavy atom. The maximum atomic E-state index is 11.8. The normalized spacial score (nSPS) is 10.4. The third kappa shape index (κ3) is 3.98. The molecule has 17 heavy (non-hydrogen) atoms. The number of carbonyl (C=O) groups is 1. The van der Waals surface area contributed by atoms with Crippen LogP contribution < -0.4 is 5.73 Å². The first-order chi connectivity index (χ1) is 8.04. The molecule has 0 aromatic heterocycles. The minimum absolute atomic E-state index is 0.107. The summed E-state index contributed by atoms with van der Waals surface area (Å²) in [6.45, 7) is 6.67. The quantitative estimate of drug-likeness (QED) is 0.818. The standard InChI is InChI=1S/C13H20N2O2/c1-4-15(13(16)17-10(2)3)9-11-7-5-6-8-12(11)14/h5-8,10H,4,9,14H2,1-3H3. The topological polar surface area (TPSA) is 55.6 Å². The molecule has 0 aliphatic carbocycles. The fraction of sp³-hybridized carbons (Fsp3) is 0.462. The van der Waals surface area contributed by atoms with Gasteiger partial charge < -0.3 is 15.4 Å². The lowest BCUT2D eigenvalue weighted by Crippen LogP contribution is -2.32. The molecule has 4 heteroatoms. The lowest BCUT2D eigenvalue weighted by molar-refractivity contribution is 0.0763. The molecular weight excluding hydrogens is 216 g/mol. The molecule has 1 rings (SSSR count). The number of hydrogen-bond acceptors (Lipinski definition) is 3. The maximum absolute atomic E-state index is 11.8. The smallest absolute Gasteiger partial charge is 0.410 e. The van der Waals surface area contributed by atoms with Gasteiger partial charge in [0.25, 0.3) is 0 Å². The van der Waals surface area contributed by atoms with Crippen molar-refractivity contribution in [1.82, 2.24) is 4.90 Å². The molecule has 0 aliphatic rings. The number of carbonyl (C=O) groups excluding carboxylic acids is 1. The zero-order valence-corrected chi connectivity index (χ0v) is 10.6. The van der Waals surface area contributed by atoms with Gasteiger partial charge in [0.05, 0.1) is 12.6 Å². The van der Waals surface area contributed by atoms with Gasteiger partial charge in [0.1, 0.15) is 0 Å². The number of benzene rings is 1. The Morgan fingerprint density at radius 1 is 1.41 bits per heavy atom. The molecule has 0 fully saturated rings. The molecule has 1 aromatic carbocycles. The molecule has 0 unspecified atom stereocenters. The highest BCUT2D eigenvalue weighted by Gasteiger charge is 2.15. The fourth-order valence-electron chi connectivity index (χ4n) is 1.47. The van der Waals surface area contributed by atoms with Gasteiger partial charge in [-0.05, 0) is 32.4 Å². The molecular formula is C13H20N2O2. The van der Waals surface area contributed by atoms with Gasteiger partial charge in [-0.25, -0.2) is 4.79 Å². The molecule has 0 heterocycles. The van der Waals surface area contributed by atoms with Gasteiger partial charge in [0, 0.05) is 12.2 Å². The third-order valence-corrected chi connectivity index (χ3v) is 2.39. The maximum Gasteiger partial charge on any atom is 0.410 e. The van der Waals surface area contributed by atoms with Gasteiger partial charge in [-0.15, -0.1) is 0 Å². The molecule has 4 nitrogen and oxygen atoms in total. The van der Waals surface area contributed by atoms with Crippen LogP contribution in [0.1, 0.15) is 26.3 Å². The Labute approximate surface area is 102 Å². The van der Waals surface area contributed by atoms with Crippen molar-refractivity contribution in [3.63, 3.8) is 0 Å². The van der Waals surface area contributed by atoms with E-state index < -0.39 is 0 Å². The molecule has 0 radical (unpaired) electrons. The van der Waals surface area contributed by atoms with Gasteiger partial charge >= 0.3 is 6.09 Å².